The minimum Gasteiger partial charge on any atom is -0.355 e. The Bertz CT molecular complexity index is 511. The van der Waals surface area contributed by atoms with Crippen molar-refractivity contribution in [2.45, 2.75) is 13.5 Å². The van der Waals surface area contributed by atoms with Crippen LogP contribution in [-0.4, -0.2) is 12.0 Å². The third-order valence-electron chi connectivity index (χ3n) is 2.63. The van der Waals surface area contributed by atoms with Gasteiger partial charge < -0.3 is 4.90 Å². The van der Waals surface area contributed by atoms with E-state index in [1.165, 1.54) is 6.07 Å². The molecule has 0 unspecified atom stereocenters. The van der Waals surface area contributed by atoms with Gasteiger partial charge >= 0.3 is 0 Å². The molecule has 0 amide bonds. The van der Waals surface area contributed by atoms with Gasteiger partial charge in [-0.25, -0.2) is 9.37 Å². The summed E-state index contributed by atoms with van der Waals surface area (Å²) in [7, 11) is 1.91. The van der Waals surface area contributed by atoms with Crippen molar-refractivity contribution in [3.8, 4) is 0 Å². The average Bonchev–Trinajstić information content (AvgIpc) is 2.32. The third kappa shape index (κ3) is 2.81. The highest BCUT2D eigenvalue weighted by Crippen LogP contribution is 2.14. The lowest BCUT2D eigenvalue weighted by Crippen LogP contribution is -2.18. The van der Waals surface area contributed by atoms with Gasteiger partial charge in [-0.05, 0) is 25.1 Å². The van der Waals surface area contributed by atoms with Crippen LogP contribution in [0.25, 0.3) is 0 Å². The van der Waals surface area contributed by atoms with Crippen LogP contribution in [0.3, 0.4) is 0 Å². The van der Waals surface area contributed by atoms with Gasteiger partial charge in [0.05, 0.1) is 0 Å². The smallest absolute Gasteiger partial charge is 0.128 e. The highest BCUT2D eigenvalue weighted by molar-refractivity contribution is 5.39. The van der Waals surface area contributed by atoms with Gasteiger partial charge in [0.1, 0.15) is 11.6 Å². The number of nitrogens with zero attached hydrogens (tertiary/aromatic N) is 2. The molecule has 88 valence electrons. The van der Waals surface area contributed by atoms with E-state index in [1.807, 2.05) is 43.1 Å². The molecule has 1 heterocycles. The highest BCUT2D eigenvalue weighted by Gasteiger charge is 2.06. The standard InChI is InChI=1S/C14H15FN2/c1-11-6-5-9-14(16-11)17(2)10-12-7-3-4-8-13(12)15/h3-9H,10H2,1-2H3. The summed E-state index contributed by atoms with van der Waals surface area (Å²) in [6.45, 7) is 2.46. The summed E-state index contributed by atoms with van der Waals surface area (Å²) >= 11 is 0. The number of aryl methyl sites for hydroxylation is 1. The average molecular weight is 230 g/mol. The number of halogens is 1. The molecule has 0 radical (unpaired) electrons. The molecule has 0 N–H and O–H groups in total. The summed E-state index contributed by atoms with van der Waals surface area (Å²) in [6, 6.07) is 12.6. The summed E-state index contributed by atoms with van der Waals surface area (Å²) in [6.07, 6.45) is 0. The number of pyridine rings is 1. The third-order valence-corrected chi connectivity index (χ3v) is 2.63. The zero-order chi connectivity index (χ0) is 12.3. The monoisotopic (exact) mass is 230 g/mol. The molecule has 0 aliphatic heterocycles. The maximum Gasteiger partial charge on any atom is 0.128 e. The number of hydrogen-bond acceptors (Lipinski definition) is 2. The Morgan fingerprint density at radius 3 is 2.59 bits per heavy atom. The second kappa shape index (κ2) is 4.95. The van der Waals surface area contributed by atoms with Gasteiger partial charge in [-0.2, -0.15) is 0 Å². The lowest BCUT2D eigenvalue weighted by Gasteiger charge is -2.18. The molecular formula is C14H15FN2. The maximum atomic E-state index is 13.5. The Morgan fingerprint density at radius 2 is 1.88 bits per heavy atom. The fraction of sp³-hybridized carbons (Fsp3) is 0.214. The Kier molecular flexibility index (Phi) is 3.38. The molecule has 3 heteroatoms. The Balaban J connectivity index is 2.17. The number of benzene rings is 1. The van der Waals surface area contributed by atoms with E-state index in [4.69, 9.17) is 0 Å². The predicted octanol–water partition coefficient (Wildman–Crippen LogP) is 3.17. The quantitative estimate of drug-likeness (QED) is 0.805. The van der Waals surface area contributed by atoms with Crippen LogP contribution in [0, 0.1) is 12.7 Å². The molecule has 0 aliphatic carbocycles. The van der Waals surface area contributed by atoms with E-state index in [2.05, 4.69) is 4.98 Å². The number of anilines is 1. The first-order valence-electron chi connectivity index (χ1n) is 5.55. The second-order valence-corrected chi connectivity index (χ2v) is 4.08. The summed E-state index contributed by atoms with van der Waals surface area (Å²) in [4.78, 5) is 6.34. The van der Waals surface area contributed by atoms with Gasteiger partial charge in [-0.1, -0.05) is 24.3 Å². The molecule has 1 aromatic heterocycles. The molecule has 2 rings (SSSR count). The summed E-state index contributed by atoms with van der Waals surface area (Å²) in [5, 5.41) is 0. The molecule has 1 aromatic carbocycles. The van der Waals surface area contributed by atoms with Gasteiger partial charge in [-0.15, -0.1) is 0 Å². The molecule has 17 heavy (non-hydrogen) atoms. The van der Waals surface area contributed by atoms with Crippen LogP contribution in [0.4, 0.5) is 10.2 Å². The molecular weight excluding hydrogens is 215 g/mol. The van der Waals surface area contributed by atoms with Crippen molar-refractivity contribution in [3.63, 3.8) is 0 Å². The molecule has 0 bridgehead atoms. The van der Waals surface area contributed by atoms with Crippen molar-refractivity contribution in [2.24, 2.45) is 0 Å². The van der Waals surface area contributed by atoms with Crippen molar-refractivity contribution in [3.05, 3.63) is 59.5 Å². The molecule has 0 fully saturated rings. The van der Waals surface area contributed by atoms with E-state index in [9.17, 15) is 4.39 Å². The molecule has 2 nitrogen and oxygen atoms in total. The van der Waals surface area contributed by atoms with Crippen molar-refractivity contribution in [1.82, 2.24) is 4.98 Å². The van der Waals surface area contributed by atoms with Crippen LogP contribution >= 0.6 is 0 Å². The number of aromatic nitrogens is 1. The minimum absolute atomic E-state index is 0.174. The van der Waals surface area contributed by atoms with E-state index < -0.39 is 0 Å². The topological polar surface area (TPSA) is 16.1 Å². The van der Waals surface area contributed by atoms with Crippen LogP contribution < -0.4 is 4.90 Å². The van der Waals surface area contributed by atoms with E-state index >= 15 is 0 Å². The van der Waals surface area contributed by atoms with E-state index in [1.54, 1.807) is 12.1 Å². The van der Waals surface area contributed by atoms with Crippen LogP contribution in [0.2, 0.25) is 0 Å². The Morgan fingerprint density at radius 1 is 1.12 bits per heavy atom. The van der Waals surface area contributed by atoms with E-state index in [0.717, 1.165) is 11.5 Å². The van der Waals surface area contributed by atoms with Gasteiger partial charge in [-0.3, -0.25) is 0 Å². The maximum absolute atomic E-state index is 13.5. The van der Waals surface area contributed by atoms with Crippen molar-refractivity contribution in [2.75, 3.05) is 11.9 Å². The van der Waals surface area contributed by atoms with Crippen molar-refractivity contribution in [1.29, 1.82) is 0 Å². The van der Waals surface area contributed by atoms with E-state index in [-0.39, 0.29) is 5.82 Å². The Hall–Kier alpha value is -1.90. The van der Waals surface area contributed by atoms with Crippen molar-refractivity contribution < 1.29 is 4.39 Å². The molecule has 2 aromatic rings. The Labute approximate surface area is 101 Å². The van der Waals surface area contributed by atoms with Crippen LogP contribution in [-0.2, 0) is 6.54 Å². The molecule has 0 spiro atoms. The van der Waals surface area contributed by atoms with Crippen LogP contribution in [0.15, 0.2) is 42.5 Å². The fourth-order valence-corrected chi connectivity index (χ4v) is 1.70. The number of rotatable bonds is 3. The van der Waals surface area contributed by atoms with Gasteiger partial charge in [0, 0.05) is 24.8 Å². The minimum atomic E-state index is -0.174. The van der Waals surface area contributed by atoms with Crippen LogP contribution in [0.5, 0.6) is 0 Å². The van der Waals surface area contributed by atoms with Crippen LogP contribution in [0.1, 0.15) is 11.3 Å². The first-order chi connectivity index (χ1) is 8.16. The second-order valence-electron chi connectivity index (χ2n) is 4.08. The van der Waals surface area contributed by atoms with Gasteiger partial charge in [0.2, 0.25) is 0 Å². The lowest BCUT2D eigenvalue weighted by molar-refractivity contribution is 0.607. The SMILES string of the molecule is Cc1cccc(N(C)Cc2ccccc2F)n1. The predicted molar refractivity (Wildman–Crippen MR) is 67.5 cm³/mol. The van der Waals surface area contributed by atoms with Gasteiger partial charge in [0.25, 0.3) is 0 Å². The zero-order valence-electron chi connectivity index (χ0n) is 10.0. The molecule has 0 saturated heterocycles. The molecule has 0 aliphatic rings. The first kappa shape index (κ1) is 11.6. The zero-order valence-corrected chi connectivity index (χ0v) is 10.0. The first-order valence-corrected chi connectivity index (χ1v) is 5.55. The number of hydrogen-bond donors (Lipinski definition) is 0. The molecule has 0 atom stereocenters. The summed E-state index contributed by atoms with van der Waals surface area (Å²) in [5.41, 5.74) is 1.64. The van der Waals surface area contributed by atoms with E-state index in [0.29, 0.717) is 12.1 Å². The van der Waals surface area contributed by atoms with Gasteiger partial charge in [0.15, 0.2) is 0 Å². The highest BCUT2D eigenvalue weighted by atomic mass is 19.1. The summed E-state index contributed by atoms with van der Waals surface area (Å²) < 4.78 is 13.5. The largest absolute Gasteiger partial charge is 0.355 e. The summed E-state index contributed by atoms with van der Waals surface area (Å²) in [5.74, 6) is 0.681. The fourth-order valence-electron chi connectivity index (χ4n) is 1.70. The lowest BCUT2D eigenvalue weighted by atomic mass is 10.2. The molecule has 0 saturated carbocycles. The normalized spacial score (nSPS) is 10.3. The van der Waals surface area contributed by atoms with Crippen molar-refractivity contribution >= 4 is 5.82 Å².